The molecule has 6 aromatic carbocycles. The minimum atomic E-state index is 1.15. The van der Waals surface area contributed by atoms with E-state index in [9.17, 15) is 0 Å². The number of aromatic amines is 1. The van der Waals surface area contributed by atoms with Crippen molar-refractivity contribution in [2.45, 2.75) is 0 Å². The van der Waals surface area contributed by atoms with E-state index < -0.39 is 0 Å². The fraction of sp³-hybridized carbons (Fsp3) is 0. The molecule has 1 N–H and O–H groups in total. The monoisotopic (exact) mass is 490 g/mol. The van der Waals surface area contributed by atoms with Crippen LogP contribution in [0.25, 0.3) is 52.8 Å². The molecule has 0 saturated carbocycles. The highest BCUT2D eigenvalue weighted by atomic mass is 32.1. The van der Waals surface area contributed by atoms with Gasteiger partial charge in [-0.1, -0.05) is 78.9 Å². The molecule has 0 atom stereocenters. The molecule has 0 saturated heterocycles. The Hall–Kier alpha value is -4.60. The average Bonchev–Trinajstić information content (AvgIpc) is 3.53. The van der Waals surface area contributed by atoms with Gasteiger partial charge in [0.1, 0.15) is 0 Å². The summed E-state index contributed by atoms with van der Waals surface area (Å²) in [6.45, 7) is 0. The lowest BCUT2D eigenvalue weighted by Gasteiger charge is -2.25. The molecule has 2 nitrogen and oxygen atoms in total. The molecule has 0 fully saturated rings. The van der Waals surface area contributed by atoms with Crippen LogP contribution >= 0.6 is 11.3 Å². The van der Waals surface area contributed by atoms with Crippen molar-refractivity contribution in [2.75, 3.05) is 4.90 Å². The summed E-state index contributed by atoms with van der Waals surface area (Å²) in [5, 5.41) is 7.83. The van der Waals surface area contributed by atoms with Gasteiger partial charge in [0, 0.05) is 58.9 Å². The summed E-state index contributed by atoms with van der Waals surface area (Å²) in [6.07, 6.45) is 0. The van der Waals surface area contributed by atoms with Crippen LogP contribution in [0.15, 0.2) is 127 Å². The molecule has 0 radical (unpaired) electrons. The standard InChI is InChI=1S/C34H22N2S/c1-3-11-22(12-4-1)36(23-13-5-2-6-14-23)24-19-20-30-28(21-24)31-25-15-7-8-16-26(25)33-32(34(31)37-30)27-17-9-10-18-29(27)35-33/h1-21,35H. The third-order valence-electron chi connectivity index (χ3n) is 7.36. The molecule has 37 heavy (non-hydrogen) atoms. The van der Waals surface area contributed by atoms with Gasteiger partial charge in [-0.15, -0.1) is 11.3 Å². The summed E-state index contributed by atoms with van der Waals surface area (Å²) in [4.78, 5) is 6.07. The summed E-state index contributed by atoms with van der Waals surface area (Å²) in [7, 11) is 0. The van der Waals surface area contributed by atoms with Gasteiger partial charge in [0.15, 0.2) is 0 Å². The quantitative estimate of drug-likeness (QED) is 0.261. The summed E-state index contributed by atoms with van der Waals surface area (Å²) in [6, 6.07) is 45.7. The van der Waals surface area contributed by atoms with Crippen molar-refractivity contribution < 1.29 is 0 Å². The van der Waals surface area contributed by atoms with Crippen LogP contribution in [-0.2, 0) is 0 Å². The molecule has 174 valence electrons. The Balaban J connectivity index is 1.49. The van der Waals surface area contributed by atoms with E-state index in [1.54, 1.807) is 0 Å². The molecular weight excluding hydrogens is 468 g/mol. The van der Waals surface area contributed by atoms with Gasteiger partial charge in [-0.2, -0.15) is 0 Å². The molecule has 0 aliphatic rings. The van der Waals surface area contributed by atoms with Crippen molar-refractivity contribution in [3.8, 4) is 0 Å². The van der Waals surface area contributed by atoms with Gasteiger partial charge >= 0.3 is 0 Å². The minimum Gasteiger partial charge on any atom is -0.354 e. The van der Waals surface area contributed by atoms with Gasteiger partial charge in [0.25, 0.3) is 0 Å². The number of thiophene rings is 1. The van der Waals surface area contributed by atoms with E-state index in [1.165, 1.54) is 52.8 Å². The van der Waals surface area contributed by atoms with Crippen LogP contribution in [0.4, 0.5) is 17.1 Å². The van der Waals surface area contributed by atoms with Crippen molar-refractivity contribution in [3.63, 3.8) is 0 Å². The Kier molecular flexibility index (Phi) is 4.42. The molecule has 0 aliphatic carbocycles. The Morgan fingerprint density at radius 1 is 0.486 bits per heavy atom. The Labute approximate surface area is 218 Å². The number of nitrogens with zero attached hydrogens (tertiary/aromatic N) is 1. The molecule has 0 amide bonds. The second-order valence-electron chi connectivity index (χ2n) is 9.46. The van der Waals surface area contributed by atoms with Crippen LogP contribution in [0.2, 0.25) is 0 Å². The van der Waals surface area contributed by atoms with Crippen molar-refractivity contribution in [2.24, 2.45) is 0 Å². The third kappa shape index (κ3) is 3.05. The maximum Gasteiger partial charge on any atom is 0.0559 e. The first-order valence-corrected chi connectivity index (χ1v) is 13.4. The highest BCUT2D eigenvalue weighted by molar-refractivity contribution is 7.27. The number of rotatable bonds is 3. The number of anilines is 3. The average molecular weight is 491 g/mol. The second-order valence-corrected chi connectivity index (χ2v) is 10.5. The first-order valence-electron chi connectivity index (χ1n) is 12.5. The second kappa shape index (κ2) is 7.95. The van der Waals surface area contributed by atoms with Crippen molar-refractivity contribution in [1.29, 1.82) is 0 Å². The third-order valence-corrected chi connectivity index (χ3v) is 8.55. The molecule has 0 bridgehead atoms. The molecule has 2 aromatic heterocycles. The van der Waals surface area contributed by atoms with Crippen molar-refractivity contribution in [3.05, 3.63) is 127 Å². The molecule has 8 rings (SSSR count). The fourth-order valence-electron chi connectivity index (χ4n) is 5.77. The number of benzene rings is 6. The van der Waals surface area contributed by atoms with E-state index in [0.717, 1.165) is 17.1 Å². The highest BCUT2D eigenvalue weighted by Crippen LogP contribution is 2.47. The van der Waals surface area contributed by atoms with Gasteiger partial charge in [0.2, 0.25) is 0 Å². The summed E-state index contributed by atoms with van der Waals surface area (Å²) in [5.74, 6) is 0. The van der Waals surface area contributed by atoms with Gasteiger partial charge in [-0.3, -0.25) is 0 Å². The van der Waals surface area contributed by atoms with E-state index in [0.29, 0.717) is 0 Å². The van der Waals surface area contributed by atoms with E-state index >= 15 is 0 Å². The van der Waals surface area contributed by atoms with Crippen LogP contribution in [0.1, 0.15) is 0 Å². The maximum absolute atomic E-state index is 3.73. The van der Waals surface area contributed by atoms with Crippen LogP contribution < -0.4 is 4.90 Å². The number of aromatic nitrogens is 1. The predicted molar refractivity (Wildman–Crippen MR) is 161 cm³/mol. The van der Waals surface area contributed by atoms with Crippen LogP contribution in [0, 0.1) is 0 Å². The minimum absolute atomic E-state index is 1.15. The normalized spacial score (nSPS) is 11.8. The fourth-order valence-corrected chi connectivity index (χ4v) is 7.03. The lowest BCUT2D eigenvalue weighted by Crippen LogP contribution is -2.09. The van der Waals surface area contributed by atoms with Gasteiger partial charge in [-0.25, -0.2) is 0 Å². The van der Waals surface area contributed by atoms with Gasteiger partial charge < -0.3 is 9.88 Å². The Morgan fingerprint density at radius 2 is 1.11 bits per heavy atom. The zero-order valence-corrected chi connectivity index (χ0v) is 20.8. The summed E-state index contributed by atoms with van der Waals surface area (Å²) < 4.78 is 2.66. The van der Waals surface area contributed by atoms with E-state index in [1.807, 2.05) is 11.3 Å². The van der Waals surface area contributed by atoms with E-state index in [2.05, 4.69) is 137 Å². The molecule has 0 aliphatic heterocycles. The van der Waals surface area contributed by atoms with Crippen molar-refractivity contribution >= 4 is 81.1 Å². The number of hydrogen-bond acceptors (Lipinski definition) is 2. The van der Waals surface area contributed by atoms with Crippen LogP contribution in [0.5, 0.6) is 0 Å². The largest absolute Gasteiger partial charge is 0.354 e. The predicted octanol–water partition coefficient (Wildman–Crippen LogP) is 10.3. The van der Waals surface area contributed by atoms with Crippen LogP contribution in [0.3, 0.4) is 0 Å². The topological polar surface area (TPSA) is 19.0 Å². The number of H-pyrrole nitrogens is 1. The number of nitrogens with one attached hydrogen (secondary N) is 1. The smallest absolute Gasteiger partial charge is 0.0559 e. The molecule has 0 unspecified atom stereocenters. The molecular formula is C34H22N2S. The first kappa shape index (κ1) is 20.6. The first-order chi connectivity index (χ1) is 18.4. The van der Waals surface area contributed by atoms with E-state index in [4.69, 9.17) is 0 Å². The number of fused-ring (bicyclic) bond motifs is 10. The lowest BCUT2D eigenvalue weighted by atomic mass is 9.99. The lowest BCUT2D eigenvalue weighted by molar-refractivity contribution is 1.29. The van der Waals surface area contributed by atoms with Gasteiger partial charge in [-0.05, 0) is 53.9 Å². The Morgan fingerprint density at radius 3 is 1.84 bits per heavy atom. The Bertz CT molecular complexity index is 2050. The molecule has 2 heterocycles. The molecule has 0 spiro atoms. The van der Waals surface area contributed by atoms with E-state index in [-0.39, 0.29) is 0 Å². The number of para-hydroxylation sites is 3. The molecule has 8 aromatic rings. The summed E-state index contributed by atoms with van der Waals surface area (Å²) in [5.41, 5.74) is 5.87. The summed E-state index contributed by atoms with van der Waals surface area (Å²) >= 11 is 1.90. The zero-order chi connectivity index (χ0) is 24.3. The zero-order valence-electron chi connectivity index (χ0n) is 20.0. The SMILES string of the molecule is c1ccc(N(c2ccccc2)c2ccc3sc4c(c3c2)c2ccccc2c2[nH]c3ccccc3c24)cc1. The molecule has 3 heteroatoms. The van der Waals surface area contributed by atoms with Gasteiger partial charge in [0.05, 0.1) is 5.52 Å². The maximum atomic E-state index is 3.73. The van der Waals surface area contributed by atoms with Crippen LogP contribution in [-0.4, -0.2) is 4.98 Å². The van der Waals surface area contributed by atoms with Crippen molar-refractivity contribution in [1.82, 2.24) is 4.98 Å². The number of hydrogen-bond donors (Lipinski definition) is 1. The highest BCUT2D eigenvalue weighted by Gasteiger charge is 2.19.